The molecule has 1 unspecified atom stereocenters. The summed E-state index contributed by atoms with van der Waals surface area (Å²) < 4.78 is 19.2. The average Bonchev–Trinajstić information content (AvgIpc) is 3.26. The molecule has 1 saturated carbocycles. The van der Waals surface area contributed by atoms with Crippen molar-refractivity contribution in [2.45, 2.75) is 71.4 Å². The molecule has 2 aromatic rings. The summed E-state index contributed by atoms with van der Waals surface area (Å²) in [5.41, 5.74) is 2.00. The number of fused-ring (bicyclic) bond motifs is 1. The van der Waals surface area contributed by atoms with Gasteiger partial charge in [-0.1, -0.05) is 24.5 Å². The summed E-state index contributed by atoms with van der Waals surface area (Å²) in [4.78, 5) is 13.4. The summed E-state index contributed by atoms with van der Waals surface area (Å²) in [6.07, 6.45) is 6.04. The lowest BCUT2D eigenvalue weighted by atomic mass is 9.94. The lowest BCUT2D eigenvalue weighted by Gasteiger charge is -2.30. The van der Waals surface area contributed by atoms with Crippen LogP contribution in [-0.2, 0) is 9.53 Å². The zero-order valence-corrected chi connectivity index (χ0v) is 19.0. The monoisotopic (exact) mass is 441 g/mol. The SMILES string of the molecule is CCCOc1ccc(C2C(C(=O)OC3CCCCC3)=C(C)Nc3nnnn32)cc1OCC. The Labute approximate surface area is 188 Å². The van der Waals surface area contributed by atoms with Crippen LogP contribution in [0.15, 0.2) is 29.5 Å². The van der Waals surface area contributed by atoms with Crippen LogP contribution in [0.25, 0.3) is 0 Å². The number of hydrogen-bond acceptors (Lipinski definition) is 8. The number of esters is 1. The first kappa shape index (κ1) is 22.1. The Balaban J connectivity index is 1.70. The normalized spacial score (nSPS) is 18.7. The van der Waals surface area contributed by atoms with Crippen LogP contribution >= 0.6 is 0 Å². The van der Waals surface area contributed by atoms with Crippen molar-refractivity contribution in [2.24, 2.45) is 0 Å². The second-order valence-electron chi connectivity index (χ2n) is 8.17. The fourth-order valence-electron chi connectivity index (χ4n) is 4.28. The number of anilines is 1. The first-order valence-corrected chi connectivity index (χ1v) is 11.5. The number of carbonyl (C=O) groups is 1. The largest absolute Gasteiger partial charge is 0.490 e. The summed E-state index contributed by atoms with van der Waals surface area (Å²) in [6, 6.07) is 5.17. The van der Waals surface area contributed by atoms with E-state index in [0.717, 1.165) is 37.7 Å². The van der Waals surface area contributed by atoms with Gasteiger partial charge in [0.2, 0.25) is 5.95 Å². The molecule has 1 aromatic heterocycles. The molecule has 1 aromatic carbocycles. The van der Waals surface area contributed by atoms with Crippen LogP contribution in [0, 0.1) is 0 Å². The Morgan fingerprint density at radius 3 is 2.72 bits per heavy atom. The van der Waals surface area contributed by atoms with E-state index in [2.05, 4.69) is 27.8 Å². The summed E-state index contributed by atoms with van der Waals surface area (Å²) in [6.45, 7) is 6.94. The molecule has 1 fully saturated rings. The minimum Gasteiger partial charge on any atom is -0.490 e. The highest BCUT2D eigenvalue weighted by atomic mass is 16.5. The molecule has 1 N–H and O–H groups in total. The van der Waals surface area contributed by atoms with Crippen molar-refractivity contribution in [1.29, 1.82) is 0 Å². The lowest BCUT2D eigenvalue weighted by molar-refractivity contribution is -0.146. The molecule has 9 nitrogen and oxygen atoms in total. The Bertz CT molecular complexity index is 981. The van der Waals surface area contributed by atoms with E-state index in [1.54, 1.807) is 4.68 Å². The van der Waals surface area contributed by atoms with Gasteiger partial charge in [-0.2, -0.15) is 4.68 Å². The topological polar surface area (TPSA) is 100 Å². The van der Waals surface area contributed by atoms with Gasteiger partial charge in [0.05, 0.1) is 18.8 Å². The highest BCUT2D eigenvalue weighted by Gasteiger charge is 2.36. The number of allylic oxidation sites excluding steroid dienone is 1. The number of nitrogens with zero attached hydrogens (tertiary/aromatic N) is 4. The van der Waals surface area contributed by atoms with Gasteiger partial charge in [-0.15, -0.1) is 0 Å². The number of aromatic nitrogens is 4. The third kappa shape index (κ3) is 4.56. The lowest BCUT2D eigenvalue weighted by Crippen LogP contribution is -2.32. The van der Waals surface area contributed by atoms with Gasteiger partial charge < -0.3 is 19.5 Å². The van der Waals surface area contributed by atoms with E-state index in [0.29, 0.717) is 41.9 Å². The Kier molecular flexibility index (Phi) is 6.92. The van der Waals surface area contributed by atoms with Gasteiger partial charge in [-0.3, -0.25) is 0 Å². The molecule has 0 bridgehead atoms. The van der Waals surface area contributed by atoms with Crippen molar-refractivity contribution in [3.05, 3.63) is 35.0 Å². The molecule has 1 aliphatic carbocycles. The van der Waals surface area contributed by atoms with Crippen LogP contribution in [0.2, 0.25) is 0 Å². The first-order chi connectivity index (χ1) is 15.6. The molecule has 1 aliphatic heterocycles. The Morgan fingerprint density at radius 1 is 1.16 bits per heavy atom. The van der Waals surface area contributed by atoms with Crippen LogP contribution in [0.1, 0.15) is 70.9 Å². The van der Waals surface area contributed by atoms with Crippen LogP contribution in [0.4, 0.5) is 5.95 Å². The smallest absolute Gasteiger partial charge is 0.338 e. The number of carbonyl (C=O) groups excluding carboxylic acids is 1. The number of rotatable bonds is 8. The summed E-state index contributed by atoms with van der Waals surface area (Å²) >= 11 is 0. The van der Waals surface area contributed by atoms with E-state index in [1.165, 1.54) is 6.42 Å². The molecular formula is C23H31N5O4. The van der Waals surface area contributed by atoms with Crippen LogP contribution in [0.5, 0.6) is 11.5 Å². The van der Waals surface area contributed by atoms with Crippen LogP contribution in [0.3, 0.4) is 0 Å². The molecule has 0 amide bonds. The van der Waals surface area contributed by atoms with E-state index >= 15 is 0 Å². The highest BCUT2D eigenvalue weighted by molar-refractivity contribution is 5.92. The zero-order valence-electron chi connectivity index (χ0n) is 19.0. The van der Waals surface area contributed by atoms with Gasteiger partial charge in [0.15, 0.2) is 11.5 Å². The number of nitrogens with one attached hydrogen (secondary N) is 1. The molecule has 1 atom stereocenters. The summed E-state index contributed by atoms with van der Waals surface area (Å²) in [7, 11) is 0. The van der Waals surface area contributed by atoms with Gasteiger partial charge in [0, 0.05) is 5.70 Å². The fraction of sp³-hybridized carbons (Fsp3) is 0.565. The molecule has 32 heavy (non-hydrogen) atoms. The number of tetrazole rings is 1. The van der Waals surface area contributed by atoms with Gasteiger partial charge in [-0.05, 0) is 74.1 Å². The number of ether oxygens (including phenoxy) is 3. The Hall–Kier alpha value is -3.10. The third-order valence-corrected chi connectivity index (χ3v) is 5.80. The predicted molar refractivity (Wildman–Crippen MR) is 119 cm³/mol. The highest BCUT2D eigenvalue weighted by Crippen LogP contribution is 2.39. The van der Waals surface area contributed by atoms with E-state index in [-0.39, 0.29) is 12.1 Å². The van der Waals surface area contributed by atoms with Crippen molar-refractivity contribution >= 4 is 11.9 Å². The predicted octanol–water partition coefficient (Wildman–Crippen LogP) is 4.03. The molecule has 172 valence electrons. The fourth-order valence-corrected chi connectivity index (χ4v) is 4.28. The van der Waals surface area contributed by atoms with Crippen molar-refractivity contribution in [2.75, 3.05) is 18.5 Å². The second-order valence-corrected chi connectivity index (χ2v) is 8.17. The maximum absolute atomic E-state index is 13.4. The van der Waals surface area contributed by atoms with Crippen molar-refractivity contribution in [3.8, 4) is 11.5 Å². The Morgan fingerprint density at radius 2 is 1.97 bits per heavy atom. The molecule has 2 aliphatic rings. The molecule has 4 rings (SSSR count). The molecule has 0 radical (unpaired) electrons. The van der Waals surface area contributed by atoms with Crippen LogP contribution in [-0.4, -0.2) is 45.5 Å². The van der Waals surface area contributed by atoms with Gasteiger partial charge in [-0.25, -0.2) is 4.79 Å². The van der Waals surface area contributed by atoms with E-state index in [4.69, 9.17) is 14.2 Å². The van der Waals surface area contributed by atoms with E-state index in [1.807, 2.05) is 32.0 Å². The maximum Gasteiger partial charge on any atom is 0.338 e. The maximum atomic E-state index is 13.4. The minimum atomic E-state index is -0.531. The summed E-state index contributed by atoms with van der Waals surface area (Å²) in [5.74, 6) is 1.45. The molecular weight excluding hydrogens is 410 g/mol. The summed E-state index contributed by atoms with van der Waals surface area (Å²) in [5, 5.41) is 15.2. The standard InChI is InChI=1S/C23H31N5O4/c1-4-13-31-18-12-11-16(14-19(18)30-5-2)21-20(15(3)24-23-25-26-27-28(21)23)22(29)32-17-9-7-6-8-10-17/h11-12,14,17,21H,4-10,13H2,1-3H3,(H,24,25,27). The van der Waals surface area contributed by atoms with E-state index in [9.17, 15) is 4.79 Å². The third-order valence-electron chi connectivity index (χ3n) is 5.80. The number of benzene rings is 1. The van der Waals surface area contributed by atoms with Gasteiger partial charge in [0.25, 0.3) is 0 Å². The second kappa shape index (κ2) is 10.0. The molecule has 0 saturated heterocycles. The van der Waals surface area contributed by atoms with E-state index < -0.39 is 6.04 Å². The first-order valence-electron chi connectivity index (χ1n) is 11.5. The van der Waals surface area contributed by atoms with Gasteiger partial charge >= 0.3 is 5.97 Å². The zero-order chi connectivity index (χ0) is 22.5. The molecule has 9 heteroatoms. The quantitative estimate of drug-likeness (QED) is 0.613. The molecule has 0 spiro atoms. The average molecular weight is 442 g/mol. The van der Waals surface area contributed by atoms with Crippen molar-refractivity contribution < 1.29 is 19.0 Å². The van der Waals surface area contributed by atoms with Crippen LogP contribution < -0.4 is 14.8 Å². The van der Waals surface area contributed by atoms with Crippen molar-refractivity contribution in [1.82, 2.24) is 20.2 Å². The number of hydrogen-bond donors (Lipinski definition) is 1. The molecule has 2 heterocycles. The van der Waals surface area contributed by atoms with Crippen molar-refractivity contribution in [3.63, 3.8) is 0 Å². The van der Waals surface area contributed by atoms with Gasteiger partial charge in [0.1, 0.15) is 12.1 Å². The minimum absolute atomic E-state index is 0.0451.